The number of urea groups is 1. The third-order valence-corrected chi connectivity index (χ3v) is 9.02. The summed E-state index contributed by atoms with van der Waals surface area (Å²) in [5.74, 6) is 1.27. The molecule has 7 nitrogen and oxygen atoms in total. The first kappa shape index (κ1) is 26.4. The minimum atomic E-state index is -0.740. The van der Waals surface area contributed by atoms with Crippen molar-refractivity contribution in [3.05, 3.63) is 35.9 Å². The Balaban J connectivity index is 1.40. The Labute approximate surface area is 221 Å². The lowest BCUT2D eigenvalue weighted by Gasteiger charge is -2.46. The fourth-order valence-corrected chi connectivity index (χ4v) is 6.97. The molecule has 1 aromatic rings. The molecule has 3 aliphatic heterocycles. The van der Waals surface area contributed by atoms with Crippen LogP contribution in [-0.4, -0.2) is 83.3 Å². The molecule has 3 amide bonds. The predicted molar refractivity (Wildman–Crippen MR) is 144 cm³/mol. The van der Waals surface area contributed by atoms with Gasteiger partial charge in [-0.1, -0.05) is 51.1 Å². The molecule has 0 bridgehead atoms. The van der Waals surface area contributed by atoms with Crippen LogP contribution in [0.15, 0.2) is 30.3 Å². The highest BCUT2D eigenvalue weighted by Crippen LogP contribution is 2.43. The van der Waals surface area contributed by atoms with Gasteiger partial charge in [0.25, 0.3) is 5.91 Å². The van der Waals surface area contributed by atoms with E-state index in [2.05, 4.69) is 55.3 Å². The van der Waals surface area contributed by atoms with Crippen molar-refractivity contribution in [1.29, 1.82) is 0 Å². The molecule has 4 aliphatic rings. The molecule has 3 atom stereocenters. The fraction of sp³-hybridized carbons (Fsp3) is 0.700. The Kier molecular flexibility index (Phi) is 7.22. The van der Waals surface area contributed by atoms with Gasteiger partial charge in [-0.2, -0.15) is 0 Å². The zero-order valence-corrected chi connectivity index (χ0v) is 23.0. The van der Waals surface area contributed by atoms with Crippen LogP contribution in [0.25, 0.3) is 0 Å². The van der Waals surface area contributed by atoms with Gasteiger partial charge in [-0.15, -0.1) is 0 Å². The maximum Gasteiger partial charge on any atom is 0.327 e. The molecule has 1 N–H and O–H groups in total. The minimum Gasteiger partial charge on any atom is -0.316 e. The lowest BCUT2D eigenvalue weighted by Crippen LogP contribution is -2.60. The highest BCUT2D eigenvalue weighted by Gasteiger charge is 2.59. The van der Waals surface area contributed by atoms with E-state index in [0.29, 0.717) is 57.1 Å². The third kappa shape index (κ3) is 5.09. The monoisotopic (exact) mass is 508 g/mol. The van der Waals surface area contributed by atoms with Crippen LogP contribution in [0.3, 0.4) is 0 Å². The number of carbonyl (C=O) groups excluding carboxylic acids is 3. The van der Waals surface area contributed by atoms with Crippen LogP contribution in [0.5, 0.6) is 0 Å². The van der Waals surface area contributed by atoms with Gasteiger partial charge in [0.05, 0.1) is 6.04 Å². The summed E-state index contributed by atoms with van der Waals surface area (Å²) in [6, 6.07) is 10.3. The second kappa shape index (κ2) is 10.1. The molecule has 7 heteroatoms. The SMILES string of the molecule is CCN1C(=O)N(CC2CC2)C2(CCN(C(C(=O)CC(C)(C)C)[C@@H]3CNC[C@@H]3c3ccccc3)CC2)C1=O. The van der Waals surface area contributed by atoms with Gasteiger partial charge in [0.2, 0.25) is 0 Å². The Hall–Kier alpha value is -2.25. The van der Waals surface area contributed by atoms with Crippen LogP contribution in [0.4, 0.5) is 4.79 Å². The van der Waals surface area contributed by atoms with Crippen molar-refractivity contribution >= 4 is 17.7 Å². The van der Waals surface area contributed by atoms with Crippen LogP contribution < -0.4 is 5.32 Å². The quantitative estimate of drug-likeness (QED) is 0.540. The average Bonchev–Trinajstić information content (AvgIpc) is 3.53. The molecule has 3 saturated heterocycles. The zero-order chi connectivity index (χ0) is 26.4. The minimum absolute atomic E-state index is 0.0254. The van der Waals surface area contributed by atoms with Gasteiger partial charge in [-0.25, -0.2) is 4.79 Å². The number of amides is 3. The molecule has 1 aromatic carbocycles. The number of likely N-dealkylation sites (N-methyl/N-ethyl adjacent to an activating group) is 1. The van der Waals surface area contributed by atoms with E-state index in [4.69, 9.17) is 0 Å². The molecule has 0 aromatic heterocycles. The van der Waals surface area contributed by atoms with Crippen molar-refractivity contribution in [3.63, 3.8) is 0 Å². The fourth-order valence-electron chi connectivity index (χ4n) is 6.97. The number of likely N-dealkylation sites (tertiary alicyclic amines) is 1. The first-order valence-electron chi connectivity index (χ1n) is 14.3. The topological polar surface area (TPSA) is 73.0 Å². The molecule has 1 spiro atoms. The number of hydrogen-bond acceptors (Lipinski definition) is 5. The number of carbonyl (C=O) groups is 3. The summed E-state index contributed by atoms with van der Waals surface area (Å²) in [6.45, 7) is 12.4. The van der Waals surface area contributed by atoms with E-state index >= 15 is 0 Å². The second-order valence-corrected chi connectivity index (χ2v) is 12.9. The van der Waals surface area contributed by atoms with E-state index in [-0.39, 0.29) is 35.2 Å². The maximum absolute atomic E-state index is 14.0. The highest BCUT2D eigenvalue weighted by molar-refractivity contribution is 6.07. The number of benzene rings is 1. The zero-order valence-electron chi connectivity index (χ0n) is 23.0. The van der Waals surface area contributed by atoms with Crippen molar-refractivity contribution in [2.45, 2.75) is 77.3 Å². The number of piperidine rings is 1. The summed E-state index contributed by atoms with van der Waals surface area (Å²) in [6.07, 6.45) is 4.04. The molecule has 37 heavy (non-hydrogen) atoms. The number of imide groups is 1. The molecule has 3 heterocycles. The van der Waals surface area contributed by atoms with E-state index in [0.717, 1.165) is 25.9 Å². The number of nitrogens with one attached hydrogen (secondary N) is 1. The summed E-state index contributed by atoms with van der Waals surface area (Å²) < 4.78 is 0. The van der Waals surface area contributed by atoms with Crippen LogP contribution >= 0.6 is 0 Å². The Morgan fingerprint density at radius 2 is 1.76 bits per heavy atom. The van der Waals surface area contributed by atoms with Gasteiger partial charge in [0, 0.05) is 57.5 Å². The lowest BCUT2D eigenvalue weighted by atomic mass is 9.76. The molecule has 1 aliphatic carbocycles. The Bertz CT molecular complexity index is 1010. The van der Waals surface area contributed by atoms with Gasteiger partial charge < -0.3 is 10.2 Å². The van der Waals surface area contributed by atoms with Crippen molar-refractivity contribution in [1.82, 2.24) is 20.0 Å². The van der Waals surface area contributed by atoms with Crippen LogP contribution in [-0.2, 0) is 9.59 Å². The Morgan fingerprint density at radius 3 is 2.35 bits per heavy atom. The molecule has 1 saturated carbocycles. The van der Waals surface area contributed by atoms with E-state index in [1.165, 1.54) is 10.5 Å². The number of ketones is 1. The molecule has 202 valence electrons. The van der Waals surface area contributed by atoms with Crippen LogP contribution in [0, 0.1) is 17.3 Å². The summed E-state index contributed by atoms with van der Waals surface area (Å²) in [5.41, 5.74) is 0.457. The van der Waals surface area contributed by atoms with Gasteiger partial charge >= 0.3 is 6.03 Å². The number of nitrogens with zero attached hydrogens (tertiary/aromatic N) is 3. The average molecular weight is 509 g/mol. The molecular weight excluding hydrogens is 464 g/mol. The number of Topliss-reactive ketones (excluding diaryl/α,β-unsaturated/α-hetero) is 1. The standard InChI is InChI=1S/C30H44N4O3/c1-5-33-27(36)30(34(28(33)37)20-21-11-12-21)13-15-32(16-14-30)26(25(35)17-29(2,3)4)24-19-31-18-23(24)22-9-7-6-8-10-22/h6-10,21,23-24,26,31H,5,11-20H2,1-4H3/t23-,24-,26?/m1/s1. The van der Waals surface area contributed by atoms with Crippen LogP contribution in [0.2, 0.25) is 0 Å². The van der Waals surface area contributed by atoms with Gasteiger partial charge in [0.15, 0.2) is 5.78 Å². The highest BCUT2D eigenvalue weighted by atomic mass is 16.2. The van der Waals surface area contributed by atoms with E-state index in [1.807, 2.05) is 17.9 Å². The molecule has 4 fully saturated rings. The summed E-state index contributed by atoms with van der Waals surface area (Å²) in [4.78, 5) is 46.5. The smallest absolute Gasteiger partial charge is 0.316 e. The molecule has 5 rings (SSSR count). The van der Waals surface area contributed by atoms with Gasteiger partial charge in [-0.3, -0.25) is 19.4 Å². The first-order valence-corrected chi connectivity index (χ1v) is 14.3. The largest absolute Gasteiger partial charge is 0.327 e. The third-order valence-electron chi connectivity index (χ3n) is 9.02. The first-order chi connectivity index (χ1) is 17.6. The second-order valence-electron chi connectivity index (χ2n) is 12.9. The van der Waals surface area contributed by atoms with Gasteiger partial charge in [0.1, 0.15) is 5.54 Å². The van der Waals surface area contributed by atoms with E-state index < -0.39 is 5.54 Å². The van der Waals surface area contributed by atoms with Crippen molar-refractivity contribution in [3.8, 4) is 0 Å². The van der Waals surface area contributed by atoms with E-state index in [1.54, 1.807) is 0 Å². The lowest BCUT2D eigenvalue weighted by molar-refractivity contribution is -0.137. The Morgan fingerprint density at radius 1 is 1.08 bits per heavy atom. The van der Waals surface area contributed by atoms with Crippen molar-refractivity contribution < 1.29 is 14.4 Å². The normalized spacial score (nSPS) is 27.4. The number of hydrogen-bond donors (Lipinski definition) is 1. The van der Waals surface area contributed by atoms with Gasteiger partial charge in [-0.05, 0) is 49.5 Å². The summed E-state index contributed by atoms with van der Waals surface area (Å²) >= 11 is 0. The predicted octanol–water partition coefficient (Wildman–Crippen LogP) is 3.89. The summed E-state index contributed by atoms with van der Waals surface area (Å²) in [5, 5.41) is 3.58. The van der Waals surface area contributed by atoms with E-state index in [9.17, 15) is 14.4 Å². The molecular formula is C30H44N4O3. The maximum atomic E-state index is 14.0. The molecule has 1 unspecified atom stereocenters. The van der Waals surface area contributed by atoms with Crippen molar-refractivity contribution in [2.24, 2.45) is 17.3 Å². The number of rotatable bonds is 8. The van der Waals surface area contributed by atoms with Crippen molar-refractivity contribution in [2.75, 3.05) is 39.3 Å². The van der Waals surface area contributed by atoms with Crippen LogP contribution in [0.1, 0.15) is 71.3 Å². The summed E-state index contributed by atoms with van der Waals surface area (Å²) in [7, 11) is 0. The molecule has 0 radical (unpaired) electrons.